The SMILES string of the molecule is Cc1cccc(NC(=O)COC(=O)C(C)Oc2cccc(C)c2)c1. The molecular weight excluding hydrogens is 306 g/mol. The van der Waals surface area contributed by atoms with Crippen LogP contribution in [0.25, 0.3) is 0 Å². The van der Waals surface area contributed by atoms with Crippen molar-refractivity contribution in [1.82, 2.24) is 0 Å². The van der Waals surface area contributed by atoms with E-state index in [1.165, 1.54) is 0 Å². The number of amides is 1. The van der Waals surface area contributed by atoms with Crippen molar-refractivity contribution in [3.63, 3.8) is 0 Å². The second-order valence-electron chi connectivity index (χ2n) is 5.60. The number of carbonyl (C=O) groups is 2. The third-order valence-electron chi connectivity index (χ3n) is 3.28. The maximum Gasteiger partial charge on any atom is 0.347 e. The highest BCUT2D eigenvalue weighted by Crippen LogP contribution is 2.14. The van der Waals surface area contributed by atoms with Gasteiger partial charge in [0.25, 0.3) is 5.91 Å². The molecule has 5 heteroatoms. The predicted octanol–water partition coefficient (Wildman–Crippen LogP) is 3.25. The number of benzene rings is 2. The van der Waals surface area contributed by atoms with E-state index in [0.717, 1.165) is 11.1 Å². The Morgan fingerprint density at radius 1 is 1.04 bits per heavy atom. The fourth-order valence-electron chi connectivity index (χ4n) is 2.11. The number of carbonyl (C=O) groups excluding carboxylic acids is 2. The maximum atomic E-state index is 11.9. The quantitative estimate of drug-likeness (QED) is 0.827. The first-order valence-corrected chi connectivity index (χ1v) is 7.70. The van der Waals surface area contributed by atoms with Crippen LogP contribution in [-0.4, -0.2) is 24.6 Å². The molecule has 2 rings (SSSR count). The van der Waals surface area contributed by atoms with Gasteiger partial charge in [0, 0.05) is 5.69 Å². The molecule has 1 atom stereocenters. The molecule has 1 amide bonds. The van der Waals surface area contributed by atoms with Crippen LogP contribution < -0.4 is 10.1 Å². The lowest BCUT2D eigenvalue weighted by Crippen LogP contribution is -2.29. The van der Waals surface area contributed by atoms with E-state index in [4.69, 9.17) is 9.47 Å². The van der Waals surface area contributed by atoms with Gasteiger partial charge in [-0.15, -0.1) is 0 Å². The van der Waals surface area contributed by atoms with Crippen molar-refractivity contribution < 1.29 is 19.1 Å². The fourth-order valence-corrected chi connectivity index (χ4v) is 2.11. The molecule has 2 aromatic carbocycles. The largest absolute Gasteiger partial charge is 0.479 e. The molecule has 126 valence electrons. The Morgan fingerprint density at radius 3 is 2.38 bits per heavy atom. The Morgan fingerprint density at radius 2 is 1.71 bits per heavy atom. The third-order valence-corrected chi connectivity index (χ3v) is 3.28. The maximum absolute atomic E-state index is 11.9. The van der Waals surface area contributed by atoms with Crippen molar-refractivity contribution in [1.29, 1.82) is 0 Å². The van der Waals surface area contributed by atoms with Gasteiger partial charge in [0.2, 0.25) is 0 Å². The molecule has 1 unspecified atom stereocenters. The monoisotopic (exact) mass is 327 g/mol. The fraction of sp³-hybridized carbons (Fsp3) is 0.263. The zero-order valence-electron chi connectivity index (χ0n) is 14.0. The summed E-state index contributed by atoms with van der Waals surface area (Å²) < 4.78 is 10.5. The number of aryl methyl sites for hydroxylation is 2. The summed E-state index contributed by atoms with van der Waals surface area (Å²) in [5.74, 6) is -0.392. The Balaban J connectivity index is 1.80. The summed E-state index contributed by atoms with van der Waals surface area (Å²) in [5.41, 5.74) is 2.73. The Labute approximate surface area is 141 Å². The van der Waals surface area contributed by atoms with Crippen LogP contribution in [0.2, 0.25) is 0 Å². The molecule has 1 N–H and O–H groups in total. The van der Waals surface area contributed by atoms with Gasteiger partial charge in [-0.25, -0.2) is 4.79 Å². The average Bonchev–Trinajstić information content (AvgIpc) is 2.52. The zero-order valence-corrected chi connectivity index (χ0v) is 14.0. The Kier molecular flexibility index (Phi) is 5.95. The van der Waals surface area contributed by atoms with E-state index >= 15 is 0 Å². The minimum Gasteiger partial charge on any atom is -0.479 e. The van der Waals surface area contributed by atoms with Crippen LogP contribution in [0, 0.1) is 13.8 Å². The van der Waals surface area contributed by atoms with Crippen molar-refractivity contribution >= 4 is 17.6 Å². The first kappa shape index (κ1) is 17.5. The molecule has 2 aromatic rings. The van der Waals surface area contributed by atoms with E-state index in [1.54, 1.807) is 19.1 Å². The first-order chi connectivity index (χ1) is 11.4. The minimum atomic E-state index is -0.793. The summed E-state index contributed by atoms with van der Waals surface area (Å²) in [6.45, 7) is 5.10. The molecule has 0 fully saturated rings. The van der Waals surface area contributed by atoms with E-state index in [1.807, 2.05) is 50.2 Å². The second-order valence-corrected chi connectivity index (χ2v) is 5.60. The highest BCUT2D eigenvalue weighted by molar-refractivity contribution is 5.93. The molecule has 24 heavy (non-hydrogen) atoms. The summed E-state index contributed by atoms with van der Waals surface area (Å²) in [4.78, 5) is 23.7. The number of ether oxygens (including phenoxy) is 2. The van der Waals surface area contributed by atoms with E-state index in [9.17, 15) is 9.59 Å². The molecule has 0 aliphatic carbocycles. The molecule has 0 bridgehead atoms. The van der Waals surface area contributed by atoms with Gasteiger partial charge in [-0.3, -0.25) is 4.79 Å². The lowest BCUT2D eigenvalue weighted by Gasteiger charge is -2.14. The number of hydrogen-bond donors (Lipinski definition) is 1. The van der Waals surface area contributed by atoms with Gasteiger partial charge in [-0.2, -0.15) is 0 Å². The van der Waals surface area contributed by atoms with E-state index in [2.05, 4.69) is 5.32 Å². The molecule has 0 radical (unpaired) electrons. The highest BCUT2D eigenvalue weighted by Gasteiger charge is 2.18. The normalized spacial score (nSPS) is 11.5. The average molecular weight is 327 g/mol. The summed E-state index contributed by atoms with van der Waals surface area (Å²) in [6.07, 6.45) is -0.793. The third kappa shape index (κ3) is 5.43. The van der Waals surface area contributed by atoms with Crippen LogP contribution in [0.4, 0.5) is 5.69 Å². The van der Waals surface area contributed by atoms with Gasteiger partial charge in [-0.05, 0) is 56.2 Å². The molecule has 0 aliphatic rings. The number of hydrogen-bond acceptors (Lipinski definition) is 4. The molecule has 0 heterocycles. The Hall–Kier alpha value is -2.82. The van der Waals surface area contributed by atoms with Crippen molar-refractivity contribution in [2.45, 2.75) is 26.9 Å². The zero-order chi connectivity index (χ0) is 17.5. The summed E-state index contributed by atoms with van der Waals surface area (Å²) in [6, 6.07) is 14.8. The van der Waals surface area contributed by atoms with Gasteiger partial charge < -0.3 is 14.8 Å². The van der Waals surface area contributed by atoms with Gasteiger partial charge in [0.05, 0.1) is 0 Å². The topological polar surface area (TPSA) is 64.6 Å². The van der Waals surface area contributed by atoms with Crippen LogP contribution in [0.5, 0.6) is 5.75 Å². The Bertz CT molecular complexity index is 727. The molecule has 0 saturated heterocycles. The lowest BCUT2D eigenvalue weighted by molar-refractivity contribution is -0.153. The van der Waals surface area contributed by atoms with Crippen molar-refractivity contribution in [2.24, 2.45) is 0 Å². The van der Waals surface area contributed by atoms with Crippen molar-refractivity contribution in [3.05, 3.63) is 59.7 Å². The molecule has 0 spiro atoms. The smallest absolute Gasteiger partial charge is 0.347 e. The van der Waals surface area contributed by atoms with E-state index in [0.29, 0.717) is 11.4 Å². The molecule has 0 aliphatic heterocycles. The first-order valence-electron chi connectivity index (χ1n) is 7.70. The van der Waals surface area contributed by atoms with Gasteiger partial charge in [-0.1, -0.05) is 24.3 Å². The highest BCUT2D eigenvalue weighted by atomic mass is 16.6. The number of esters is 1. The van der Waals surface area contributed by atoms with Crippen molar-refractivity contribution in [3.8, 4) is 5.75 Å². The summed E-state index contributed by atoms with van der Waals surface area (Å²) in [7, 11) is 0. The van der Waals surface area contributed by atoms with Crippen LogP contribution in [0.3, 0.4) is 0 Å². The van der Waals surface area contributed by atoms with Crippen LogP contribution in [0.15, 0.2) is 48.5 Å². The number of nitrogens with one attached hydrogen (secondary N) is 1. The molecular formula is C19H21NO4. The molecule has 0 aromatic heterocycles. The molecule has 5 nitrogen and oxygen atoms in total. The lowest BCUT2D eigenvalue weighted by atomic mass is 10.2. The molecule has 0 saturated carbocycles. The van der Waals surface area contributed by atoms with Crippen LogP contribution >= 0.6 is 0 Å². The minimum absolute atomic E-state index is 0.353. The number of anilines is 1. The van der Waals surface area contributed by atoms with Gasteiger partial charge in [0.15, 0.2) is 12.7 Å². The van der Waals surface area contributed by atoms with E-state index < -0.39 is 18.0 Å². The van der Waals surface area contributed by atoms with Crippen molar-refractivity contribution in [2.75, 3.05) is 11.9 Å². The van der Waals surface area contributed by atoms with Crippen LogP contribution in [0.1, 0.15) is 18.1 Å². The summed E-state index contributed by atoms with van der Waals surface area (Å²) >= 11 is 0. The predicted molar refractivity (Wildman–Crippen MR) is 92.0 cm³/mol. The number of rotatable bonds is 6. The summed E-state index contributed by atoms with van der Waals surface area (Å²) in [5, 5.41) is 2.68. The van der Waals surface area contributed by atoms with E-state index in [-0.39, 0.29) is 6.61 Å². The van der Waals surface area contributed by atoms with Gasteiger partial charge in [0.1, 0.15) is 5.75 Å². The van der Waals surface area contributed by atoms with Crippen LogP contribution in [-0.2, 0) is 14.3 Å². The standard InChI is InChI=1S/C19H21NO4/c1-13-6-4-8-16(10-13)20-18(21)12-23-19(22)15(3)24-17-9-5-7-14(2)11-17/h4-11,15H,12H2,1-3H3,(H,20,21). The van der Waals surface area contributed by atoms with Gasteiger partial charge >= 0.3 is 5.97 Å². The second kappa shape index (κ2) is 8.15.